The van der Waals surface area contributed by atoms with Crippen LogP contribution in [0.15, 0.2) is 47.7 Å². The quantitative estimate of drug-likeness (QED) is 0.430. The zero-order valence-electron chi connectivity index (χ0n) is 13.7. The monoisotopic (exact) mass is 313 g/mol. The fraction of sp³-hybridized carbons (Fsp3) is 0.333. The molecule has 0 saturated heterocycles. The number of benzene rings is 1. The molecule has 0 saturated carbocycles. The van der Waals surface area contributed by atoms with Gasteiger partial charge >= 0.3 is 0 Å². The highest BCUT2D eigenvalue weighted by molar-refractivity contribution is 5.81. The Bertz CT molecular complexity index is 615. The number of hydrazone groups is 1. The number of hydrogen-bond acceptors (Lipinski definition) is 5. The molecule has 5 nitrogen and oxygen atoms in total. The molecular weight excluding hydrogens is 290 g/mol. The van der Waals surface area contributed by atoms with E-state index in [4.69, 9.17) is 9.47 Å². The second kappa shape index (κ2) is 9.46. The molecule has 23 heavy (non-hydrogen) atoms. The molecule has 0 aliphatic carbocycles. The highest BCUT2D eigenvalue weighted by atomic mass is 16.5. The Balaban J connectivity index is 1.95. The van der Waals surface area contributed by atoms with Crippen molar-refractivity contribution in [3.8, 4) is 11.5 Å². The van der Waals surface area contributed by atoms with Gasteiger partial charge in [-0.2, -0.15) is 5.10 Å². The zero-order chi connectivity index (χ0) is 16.3. The second-order valence-electron chi connectivity index (χ2n) is 5.05. The van der Waals surface area contributed by atoms with Crippen LogP contribution in [0.4, 0.5) is 5.82 Å². The maximum Gasteiger partial charge on any atom is 0.161 e. The summed E-state index contributed by atoms with van der Waals surface area (Å²) < 4.78 is 11.2. The number of anilines is 1. The number of hydrogen-bond donors (Lipinski definition) is 1. The Morgan fingerprint density at radius 3 is 2.83 bits per heavy atom. The Hall–Kier alpha value is -2.56. The Morgan fingerprint density at radius 2 is 2.09 bits per heavy atom. The summed E-state index contributed by atoms with van der Waals surface area (Å²) in [6, 6.07) is 11.4. The third-order valence-corrected chi connectivity index (χ3v) is 3.25. The van der Waals surface area contributed by atoms with Gasteiger partial charge < -0.3 is 9.47 Å². The van der Waals surface area contributed by atoms with E-state index in [9.17, 15) is 0 Å². The normalized spacial score (nSPS) is 10.7. The molecule has 5 heteroatoms. The molecule has 0 radical (unpaired) electrons. The van der Waals surface area contributed by atoms with Gasteiger partial charge in [0.15, 0.2) is 11.5 Å². The molecule has 1 aromatic heterocycles. The third kappa shape index (κ3) is 5.62. The van der Waals surface area contributed by atoms with E-state index in [1.807, 2.05) is 36.4 Å². The maximum absolute atomic E-state index is 5.76. The lowest BCUT2D eigenvalue weighted by Gasteiger charge is -2.11. The molecule has 0 spiro atoms. The Morgan fingerprint density at radius 1 is 1.17 bits per heavy atom. The Labute approximate surface area is 137 Å². The average molecular weight is 313 g/mol. The SMILES string of the molecule is CCCCCOc1ccc(/C=N/Nc2ccccn2)cc1OC. The van der Waals surface area contributed by atoms with Crippen molar-refractivity contribution in [2.24, 2.45) is 5.10 Å². The summed E-state index contributed by atoms with van der Waals surface area (Å²) in [4.78, 5) is 4.14. The molecule has 0 atom stereocenters. The van der Waals surface area contributed by atoms with Crippen molar-refractivity contribution < 1.29 is 9.47 Å². The van der Waals surface area contributed by atoms with Crippen molar-refractivity contribution >= 4 is 12.0 Å². The fourth-order valence-electron chi connectivity index (χ4n) is 2.02. The van der Waals surface area contributed by atoms with Crippen LogP contribution in [0.1, 0.15) is 31.7 Å². The minimum absolute atomic E-state index is 0.701. The molecule has 1 aromatic carbocycles. The number of nitrogens with one attached hydrogen (secondary N) is 1. The van der Waals surface area contributed by atoms with E-state index in [1.54, 1.807) is 19.5 Å². The third-order valence-electron chi connectivity index (χ3n) is 3.25. The van der Waals surface area contributed by atoms with Gasteiger partial charge in [0.05, 0.1) is 19.9 Å². The van der Waals surface area contributed by atoms with Crippen LogP contribution in [-0.2, 0) is 0 Å². The predicted molar refractivity (Wildman–Crippen MR) is 93.5 cm³/mol. The van der Waals surface area contributed by atoms with Crippen molar-refractivity contribution in [2.45, 2.75) is 26.2 Å². The number of aromatic nitrogens is 1. The minimum atomic E-state index is 0.701. The van der Waals surface area contributed by atoms with Gasteiger partial charge in [0.2, 0.25) is 0 Å². The molecule has 1 N–H and O–H groups in total. The van der Waals surface area contributed by atoms with Gasteiger partial charge in [-0.15, -0.1) is 0 Å². The number of unbranched alkanes of at least 4 members (excludes halogenated alkanes) is 2. The standard InChI is InChI=1S/C18H23N3O2/c1-3-4-7-12-23-16-10-9-15(13-17(16)22-2)14-20-21-18-8-5-6-11-19-18/h5-6,8-11,13-14H,3-4,7,12H2,1-2H3,(H,19,21)/b20-14+. The molecule has 0 bridgehead atoms. The van der Waals surface area contributed by atoms with Crippen molar-refractivity contribution in [1.29, 1.82) is 0 Å². The van der Waals surface area contributed by atoms with Gasteiger partial charge in [-0.25, -0.2) is 4.98 Å². The lowest BCUT2D eigenvalue weighted by Crippen LogP contribution is -2.00. The predicted octanol–water partition coefficient (Wildman–Crippen LogP) is 4.11. The summed E-state index contributed by atoms with van der Waals surface area (Å²) >= 11 is 0. The number of rotatable bonds is 9. The molecule has 0 unspecified atom stereocenters. The van der Waals surface area contributed by atoms with Crippen LogP contribution in [0.2, 0.25) is 0 Å². The molecule has 2 aromatic rings. The van der Waals surface area contributed by atoms with Gasteiger partial charge in [0, 0.05) is 6.20 Å². The summed E-state index contributed by atoms with van der Waals surface area (Å²) in [5.74, 6) is 2.17. The van der Waals surface area contributed by atoms with Gasteiger partial charge in [0.25, 0.3) is 0 Å². The van der Waals surface area contributed by atoms with Crippen LogP contribution in [0, 0.1) is 0 Å². The van der Waals surface area contributed by atoms with Crippen LogP contribution in [0.3, 0.4) is 0 Å². The lowest BCUT2D eigenvalue weighted by molar-refractivity contribution is 0.286. The number of ether oxygens (including phenoxy) is 2. The number of nitrogens with zero attached hydrogens (tertiary/aromatic N) is 2. The average Bonchev–Trinajstić information content (AvgIpc) is 2.60. The first-order chi connectivity index (χ1) is 11.3. The Kier molecular flexibility index (Phi) is 6.91. The summed E-state index contributed by atoms with van der Waals surface area (Å²) in [5.41, 5.74) is 3.80. The van der Waals surface area contributed by atoms with Gasteiger partial charge in [-0.1, -0.05) is 25.8 Å². The van der Waals surface area contributed by atoms with Crippen LogP contribution < -0.4 is 14.9 Å². The second-order valence-corrected chi connectivity index (χ2v) is 5.05. The molecule has 1 heterocycles. The lowest BCUT2D eigenvalue weighted by atomic mass is 10.2. The van der Waals surface area contributed by atoms with E-state index in [1.165, 1.54) is 12.8 Å². The first kappa shape index (κ1) is 16.8. The molecule has 0 aliphatic heterocycles. The summed E-state index contributed by atoms with van der Waals surface area (Å²) in [6.07, 6.45) is 6.84. The van der Waals surface area contributed by atoms with Gasteiger partial charge in [-0.3, -0.25) is 5.43 Å². The van der Waals surface area contributed by atoms with Gasteiger partial charge in [0.1, 0.15) is 5.82 Å². The molecule has 2 rings (SSSR count). The van der Waals surface area contributed by atoms with Crippen molar-refractivity contribution in [3.05, 3.63) is 48.2 Å². The highest BCUT2D eigenvalue weighted by Crippen LogP contribution is 2.27. The largest absolute Gasteiger partial charge is 0.493 e. The molecule has 0 aliphatic rings. The molecule has 0 fully saturated rings. The number of pyridine rings is 1. The topological polar surface area (TPSA) is 55.7 Å². The van der Waals surface area contributed by atoms with Crippen molar-refractivity contribution in [1.82, 2.24) is 4.98 Å². The van der Waals surface area contributed by atoms with E-state index in [0.717, 1.165) is 17.7 Å². The molecular formula is C18H23N3O2. The molecule has 0 amide bonds. The fourth-order valence-corrected chi connectivity index (χ4v) is 2.02. The number of methoxy groups -OCH3 is 1. The molecule has 122 valence electrons. The summed E-state index contributed by atoms with van der Waals surface area (Å²) in [6.45, 7) is 2.88. The van der Waals surface area contributed by atoms with Crippen LogP contribution in [0.5, 0.6) is 11.5 Å². The highest BCUT2D eigenvalue weighted by Gasteiger charge is 2.04. The van der Waals surface area contributed by atoms with Crippen LogP contribution in [-0.4, -0.2) is 24.9 Å². The smallest absolute Gasteiger partial charge is 0.161 e. The van der Waals surface area contributed by atoms with Gasteiger partial charge in [-0.05, 0) is 42.3 Å². The van der Waals surface area contributed by atoms with Crippen LogP contribution in [0.25, 0.3) is 0 Å². The van der Waals surface area contributed by atoms with Crippen molar-refractivity contribution in [3.63, 3.8) is 0 Å². The zero-order valence-corrected chi connectivity index (χ0v) is 13.7. The first-order valence-electron chi connectivity index (χ1n) is 7.84. The summed E-state index contributed by atoms with van der Waals surface area (Å²) in [5, 5.41) is 4.17. The first-order valence-corrected chi connectivity index (χ1v) is 7.84. The van der Waals surface area contributed by atoms with E-state index in [-0.39, 0.29) is 0 Å². The maximum atomic E-state index is 5.76. The van der Waals surface area contributed by atoms with E-state index >= 15 is 0 Å². The van der Waals surface area contributed by atoms with E-state index in [2.05, 4.69) is 22.4 Å². The van der Waals surface area contributed by atoms with Crippen molar-refractivity contribution in [2.75, 3.05) is 19.1 Å². The van der Waals surface area contributed by atoms with Crippen LogP contribution >= 0.6 is 0 Å². The minimum Gasteiger partial charge on any atom is -0.493 e. The summed E-state index contributed by atoms with van der Waals surface area (Å²) in [7, 11) is 1.64. The van der Waals surface area contributed by atoms with E-state index in [0.29, 0.717) is 18.2 Å². The van der Waals surface area contributed by atoms with E-state index < -0.39 is 0 Å².